The van der Waals surface area contributed by atoms with E-state index in [2.05, 4.69) is 19.1 Å². The molecular formula is C26H36O. The first-order chi connectivity index (χ1) is 13.3. The zero-order valence-corrected chi connectivity index (χ0v) is 17.1. The van der Waals surface area contributed by atoms with Crippen LogP contribution in [0.5, 0.6) is 0 Å². The van der Waals surface area contributed by atoms with Gasteiger partial charge >= 0.3 is 0 Å². The molecule has 0 fully saturated rings. The fourth-order valence-corrected chi connectivity index (χ4v) is 3.57. The Labute approximate surface area is 166 Å². The number of benzene rings is 2. The SMILES string of the molecule is CCCCCCCCCCCCCc1ccc(C(=O)c2ccccc2)cc1. The molecule has 0 heterocycles. The Bertz CT molecular complexity index is 627. The Morgan fingerprint density at radius 3 is 1.63 bits per heavy atom. The van der Waals surface area contributed by atoms with Crippen LogP contribution in [-0.2, 0) is 6.42 Å². The maximum Gasteiger partial charge on any atom is 0.193 e. The standard InChI is InChI=1S/C26H36O/c1-2-3-4-5-6-7-8-9-10-11-13-16-23-19-21-25(22-20-23)26(27)24-17-14-12-15-18-24/h12,14-15,17-22H,2-11,13,16H2,1H3. The maximum atomic E-state index is 12.4. The van der Waals surface area contributed by atoms with Crippen LogP contribution >= 0.6 is 0 Å². The van der Waals surface area contributed by atoms with Crippen molar-refractivity contribution in [3.8, 4) is 0 Å². The molecular weight excluding hydrogens is 328 g/mol. The normalized spacial score (nSPS) is 10.9. The Morgan fingerprint density at radius 1 is 0.593 bits per heavy atom. The molecule has 1 nitrogen and oxygen atoms in total. The van der Waals surface area contributed by atoms with Gasteiger partial charge in [-0.2, -0.15) is 0 Å². The molecule has 27 heavy (non-hydrogen) atoms. The van der Waals surface area contributed by atoms with E-state index in [0.29, 0.717) is 0 Å². The van der Waals surface area contributed by atoms with Crippen molar-refractivity contribution in [3.63, 3.8) is 0 Å². The summed E-state index contributed by atoms with van der Waals surface area (Å²) in [6, 6.07) is 17.7. The first-order valence-electron chi connectivity index (χ1n) is 11.0. The van der Waals surface area contributed by atoms with Gasteiger partial charge in [0.2, 0.25) is 0 Å². The van der Waals surface area contributed by atoms with Crippen LogP contribution < -0.4 is 0 Å². The number of carbonyl (C=O) groups is 1. The van der Waals surface area contributed by atoms with E-state index >= 15 is 0 Å². The van der Waals surface area contributed by atoms with Crippen LogP contribution in [0.4, 0.5) is 0 Å². The van der Waals surface area contributed by atoms with E-state index in [1.54, 1.807) is 0 Å². The van der Waals surface area contributed by atoms with Crippen LogP contribution in [0.1, 0.15) is 99.0 Å². The number of aryl methyl sites for hydroxylation is 1. The summed E-state index contributed by atoms with van der Waals surface area (Å²) in [4.78, 5) is 12.4. The monoisotopic (exact) mass is 364 g/mol. The van der Waals surface area contributed by atoms with Crippen LogP contribution in [0.15, 0.2) is 54.6 Å². The van der Waals surface area contributed by atoms with E-state index in [4.69, 9.17) is 0 Å². The van der Waals surface area contributed by atoms with E-state index in [1.807, 2.05) is 42.5 Å². The fourth-order valence-electron chi connectivity index (χ4n) is 3.57. The van der Waals surface area contributed by atoms with Crippen LogP contribution in [0, 0.1) is 0 Å². The van der Waals surface area contributed by atoms with Crippen molar-refractivity contribution in [1.29, 1.82) is 0 Å². The molecule has 0 saturated carbocycles. The first kappa shape index (κ1) is 21.4. The quantitative estimate of drug-likeness (QED) is 0.247. The van der Waals surface area contributed by atoms with Crippen LogP contribution in [0.2, 0.25) is 0 Å². The lowest BCUT2D eigenvalue weighted by Gasteiger charge is -2.05. The first-order valence-corrected chi connectivity index (χ1v) is 11.0. The summed E-state index contributed by atoms with van der Waals surface area (Å²) in [7, 11) is 0. The van der Waals surface area contributed by atoms with E-state index in [1.165, 1.54) is 76.2 Å². The molecule has 0 saturated heterocycles. The Kier molecular flexibility index (Phi) is 10.6. The predicted octanol–water partition coefficient (Wildman–Crippen LogP) is 7.77. The van der Waals surface area contributed by atoms with Gasteiger partial charge in [-0.1, -0.05) is 126 Å². The number of hydrogen-bond acceptors (Lipinski definition) is 1. The molecule has 1 heteroatoms. The average molecular weight is 365 g/mol. The molecule has 0 bridgehead atoms. The molecule has 146 valence electrons. The third-order valence-corrected chi connectivity index (χ3v) is 5.32. The highest BCUT2D eigenvalue weighted by atomic mass is 16.1. The van der Waals surface area contributed by atoms with E-state index in [9.17, 15) is 4.79 Å². The summed E-state index contributed by atoms with van der Waals surface area (Å²) in [5.41, 5.74) is 2.88. The van der Waals surface area contributed by atoms with Crippen molar-refractivity contribution >= 4 is 5.78 Å². The predicted molar refractivity (Wildman–Crippen MR) is 116 cm³/mol. The highest BCUT2D eigenvalue weighted by Crippen LogP contribution is 2.15. The third kappa shape index (κ3) is 8.56. The molecule has 0 amide bonds. The lowest BCUT2D eigenvalue weighted by Crippen LogP contribution is -2.01. The lowest BCUT2D eigenvalue weighted by atomic mass is 9.99. The van der Waals surface area contributed by atoms with Gasteiger partial charge in [0.1, 0.15) is 0 Å². The van der Waals surface area contributed by atoms with E-state index in [0.717, 1.165) is 17.5 Å². The Balaban J connectivity index is 1.56. The largest absolute Gasteiger partial charge is 0.289 e. The summed E-state index contributed by atoms with van der Waals surface area (Å²) in [6.07, 6.45) is 16.3. The highest BCUT2D eigenvalue weighted by Gasteiger charge is 2.07. The maximum absolute atomic E-state index is 12.4. The number of unbranched alkanes of at least 4 members (excludes halogenated alkanes) is 10. The molecule has 2 aromatic carbocycles. The minimum Gasteiger partial charge on any atom is -0.289 e. The molecule has 0 aliphatic heterocycles. The Hall–Kier alpha value is -1.89. The molecule has 2 rings (SSSR count). The minimum absolute atomic E-state index is 0.108. The molecule has 0 aliphatic rings. The van der Waals surface area contributed by atoms with Crippen molar-refractivity contribution in [3.05, 3.63) is 71.3 Å². The van der Waals surface area contributed by atoms with Crippen molar-refractivity contribution in [2.75, 3.05) is 0 Å². The molecule has 0 N–H and O–H groups in total. The smallest absolute Gasteiger partial charge is 0.193 e. The fraction of sp³-hybridized carbons (Fsp3) is 0.500. The van der Waals surface area contributed by atoms with Gasteiger partial charge in [0.05, 0.1) is 0 Å². The van der Waals surface area contributed by atoms with E-state index in [-0.39, 0.29) is 5.78 Å². The van der Waals surface area contributed by atoms with Gasteiger partial charge in [-0.15, -0.1) is 0 Å². The number of rotatable bonds is 14. The van der Waals surface area contributed by atoms with Gasteiger partial charge in [0.25, 0.3) is 0 Å². The summed E-state index contributed by atoms with van der Waals surface area (Å²) >= 11 is 0. The van der Waals surface area contributed by atoms with Gasteiger partial charge in [-0.3, -0.25) is 4.79 Å². The second kappa shape index (κ2) is 13.3. The van der Waals surface area contributed by atoms with Crippen molar-refractivity contribution in [1.82, 2.24) is 0 Å². The summed E-state index contributed by atoms with van der Waals surface area (Å²) in [5.74, 6) is 0.108. The summed E-state index contributed by atoms with van der Waals surface area (Å²) in [6.45, 7) is 2.28. The molecule has 0 radical (unpaired) electrons. The van der Waals surface area contributed by atoms with Gasteiger partial charge in [0, 0.05) is 11.1 Å². The number of ketones is 1. The third-order valence-electron chi connectivity index (χ3n) is 5.32. The van der Waals surface area contributed by atoms with Crippen LogP contribution in [-0.4, -0.2) is 5.78 Å². The molecule has 2 aromatic rings. The topological polar surface area (TPSA) is 17.1 Å². The molecule has 0 spiro atoms. The second-order valence-corrected chi connectivity index (χ2v) is 7.68. The number of carbonyl (C=O) groups excluding carboxylic acids is 1. The van der Waals surface area contributed by atoms with E-state index < -0.39 is 0 Å². The van der Waals surface area contributed by atoms with Crippen LogP contribution in [0.25, 0.3) is 0 Å². The van der Waals surface area contributed by atoms with Crippen molar-refractivity contribution < 1.29 is 4.79 Å². The van der Waals surface area contributed by atoms with Gasteiger partial charge < -0.3 is 0 Å². The van der Waals surface area contributed by atoms with Crippen molar-refractivity contribution in [2.45, 2.75) is 84.0 Å². The zero-order valence-electron chi connectivity index (χ0n) is 17.1. The molecule has 0 unspecified atom stereocenters. The zero-order chi connectivity index (χ0) is 19.2. The molecule has 0 atom stereocenters. The van der Waals surface area contributed by atoms with Gasteiger partial charge in [-0.05, 0) is 18.4 Å². The van der Waals surface area contributed by atoms with Gasteiger partial charge in [0.15, 0.2) is 5.78 Å². The minimum atomic E-state index is 0.108. The van der Waals surface area contributed by atoms with Crippen LogP contribution in [0.3, 0.4) is 0 Å². The summed E-state index contributed by atoms with van der Waals surface area (Å²) < 4.78 is 0. The van der Waals surface area contributed by atoms with Gasteiger partial charge in [-0.25, -0.2) is 0 Å². The Morgan fingerprint density at radius 2 is 1.07 bits per heavy atom. The average Bonchev–Trinajstić information content (AvgIpc) is 2.72. The second-order valence-electron chi connectivity index (χ2n) is 7.68. The highest BCUT2D eigenvalue weighted by molar-refractivity contribution is 6.08. The number of hydrogen-bond donors (Lipinski definition) is 0. The summed E-state index contributed by atoms with van der Waals surface area (Å²) in [5, 5.41) is 0. The molecule has 0 aliphatic carbocycles. The molecule has 0 aromatic heterocycles. The lowest BCUT2D eigenvalue weighted by molar-refractivity contribution is 0.103. The van der Waals surface area contributed by atoms with Crippen molar-refractivity contribution in [2.24, 2.45) is 0 Å².